The molecule has 1 aromatic rings. The molecule has 0 spiro atoms. The molecule has 0 atom stereocenters. The van der Waals surface area contributed by atoms with Crippen molar-refractivity contribution in [2.75, 3.05) is 13.2 Å². The van der Waals surface area contributed by atoms with E-state index in [-0.39, 0.29) is 13.2 Å². The van der Waals surface area contributed by atoms with Crippen LogP contribution in [0.2, 0.25) is 13.1 Å². The molecule has 0 radical (unpaired) electrons. The van der Waals surface area contributed by atoms with Crippen molar-refractivity contribution in [2.24, 2.45) is 0 Å². The topological polar surface area (TPSA) is 35.5 Å². The van der Waals surface area contributed by atoms with Crippen LogP contribution in [0.15, 0.2) is 41.3 Å². The largest absolute Gasteiger partial charge is 0.391 e. The third kappa shape index (κ3) is 4.10. The summed E-state index contributed by atoms with van der Waals surface area (Å²) in [5.41, 5.74) is -2.40. The Morgan fingerprint density at radius 1 is 1.10 bits per heavy atom. The van der Waals surface area contributed by atoms with Gasteiger partial charge in [-0.25, -0.2) is 4.39 Å². The molecule has 0 aliphatic heterocycles. The number of halogens is 2. The van der Waals surface area contributed by atoms with E-state index in [9.17, 15) is 13.3 Å². The van der Waals surface area contributed by atoms with Crippen LogP contribution in [0.4, 0.5) is 8.78 Å². The molecule has 1 aromatic carbocycles. The monoisotopic (exact) mass is 334 g/mol. The van der Waals surface area contributed by atoms with Crippen LogP contribution >= 0.6 is 7.60 Å². The summed E-state index contributed by atoms with van der Waals surface area (Å²) in [5, 5.41) is 0.706. The molecule has 0 unspecified atom stereocenters. The minimum absolute atomic E-state index is 0.0225. The molecule has 0 amide bonds. The first-order valence-electron chi connectivity index (χ1n) is 6.80. The number of hydrogen-bond donors (Lipinski definition) is 0. The Morgan fingerprint density at radius 3 is 2.00 bits per heavy atom. The molecule has 21 heavy (non-hydrogen) atoms. The Kier molecular flexibility index (Phi) is 6.47. The second kappa shape index (κ2) is 7.45. The highest BCUT2D eigenvalue weighted by atomic mass is 31.2. The normalized spacial score (nSPS) is 14.0. The van der Waals surface area contributed by atoms with Gasteiger partial charge in [-0.2, -0.15) is 4.39 Å². The second-order valence-corrected chi connectivity index (χ2v) is 11.1. The fourth-order valence-electron chi connectivity index (χ4n) is 1.85. The van der Waals surface area contributed by atoms with E-state index in [1.54, 1.807) is 57.3 Å². The maximum absolute atomic E-state index is 14.6. The Bertz CT molecular complexity index is 536. The van der Waals surface area contributed by atoms with Gasteiger partial charge in [0.05, 0.1) is 13.2 Å². The van der Waals surface area contributed by atoms with Crippen LogP contribution in [0.3, 0.4) is 0 Å². The molecule has 1 rings (SSSR count). The highest BCUT2D eigenvalue weighted by molar-refractivity contribution is 7.58. The molecule has 0 aromatic heterocycles. The molecule has 0 fully saturated rings. The lowest BCUT2D eigenvalue weighted by atomic mass is 10.4. The minimum Gasteiger partial charge on any atom is -0.304 e. The molecule has 0 N–H and O–H groups in total. The first-order chi connectivity index (χ1) is 9.79. The van der Waals surface area contributed by atoms with Crippen molar-refractivity contribution < 1.29 is 22.4 Å². The first kappa shape index (κ1) is 18.2. The summed E-state index contributed by atoms with van der Waals surface area (Å²) in [7, 11) is -7.12. The van der Waals surface area contributed by atoms with Crippen molar-refractivity contribution in [3.05, 3.63) is 41.3 Å². The van der Waals surface area contributed by atoms with E-state index < -0.39 is 26.7 Å². The maximum Gasteiger partial charge on any atom is 0.391 e. The summed E-state index contributed by atoms with van der Waals surface area (Å²) in [6, 6.07) is 8.81. The molecule has 0 heterocycles. The van der Waals surface area contributed by atoms with Gasteiger partial charge >= 0.3 is 7.60 Å². The predicted octanol–water partition coefficient (Wildman–Crippen LogP) is 4.52. The zero-order valence-electron chi connectivity index (χ0n) is 12.7. The Labute approximate surface area is 125 Å². The van der Waals surface area contributed by atoms with Crippen molar-refractivity contribution in [1.29, 1.82) is 0 Å². The molecule has 0 aliphatic carbocycles. The van der Waals surface area contributed by atoms with Gasteiger partial charge in [0.15, 0.2) is 8.07 Å². The summed E-state index contributed by atoms with van der Waals surface area (Å²) >= 11 is 0. The summed E-state index contributed by atoms with van der Waals surface area (Å²) in [5.74, 6) is 0. The standard InChI is InChI=1S/C14H21F2O3PSi/c1-5-18-20(17,19-6-2)13(15)14(16)21(3,4)12-10-8-7-9-11-12/h7-11H,5-6H2,1-4H3/b14-13+. The molecule has 7 heteroatoms. The van der Waals surface area contributed by atoms with E-state index in [2.05, 4.69) is 0 Å². The quantitative estimate of drug-likeness (QED) is 0.543. The number of benzene rings is 1. The lowest BCUT2D eigenvalue weighted by molar-refractivity contribution is 0.219. The van der Waals surface area contributed by atoms with Crippen molar-refractivity contribution in [2.45, 2.75) is 26.9 Å². The van der Waals surface area contributed by atoms with Crippen LogP contribution in [0.5, 0.6) is 0 Å². The molecule has 0 aliphatic rings. The molecular weight excluding hydrogens is 313 g/mol. The van der Waals surface area contributed by atoms with Gasteiger partial charge in [-0.15, -0.1) is 0 Å². The van der Waals surface area contributed by atoms with Gasteiger partial charge in [-0.05, 0) is 13.8 Å². The number of hydrogen-bond acceptors (Lipinski definition) is 3. The summed E-state index contributed by atoms with van der Waals surface area (Å²) in [4.78, 5) is 0. The van der Waals surface area contributed by atoms with E-state index in [1.165, 1.54) is 0 Å². The van der Waals surface area contributed by atoms with Crippen LogP contribution in [0, 0.1) is 0 Å². The third-order valence-electron chi connectivity index (χ3n) is 3.06. The SMILES string of the molecule is CCOP(=O)(OCC)/C(F)=C(\F)[Si](C)(C)c1ccccc1. The Balaban J connectivity index is 3.29. The minimum atomic E-state index is -4.21. The van der Waals surface area contributed by atoms with Gasteiger partial charge in [-0.1, -0.05) is 48.6 Å². The molecule has 0 saturated heterocycles. The molecule has 118 valence electrons. The second-order valence-electron chi connectivity index (χ2n) is 4.93. The van der Waals surface area contributed by atoms with Gasteiger partial charge < -0.3 is 9.05 Å². The van der Waals surface area contributed by atoms with E-state index in [4.69, 9.17) is 9.05 Å². The van der Waals surface area contributed by atoms with Gasteiger partial charge in [-0.3, -0.25) is 4.57 Å². The van der Waals surface area contributed by atoms with Crippen LogP contribution < -0.4 is 5.19 Å². The predicted molar refractivity (Wildman–Crippen MR) is 83.7 cm³/mol. The lowest BCUT2D eigenvalue weighted by Gasteiger charge is -2.23. The van der Waals surface area contributed by atoms with E-state index in [0.717, 1.165) is 0 Å². The maximum atomic E-state index is 14.6. The molecule has 0 saturated carbocycles. The number of rotatable bonds is 7. The van der Waals surface area contributed by atoms with Crippen LogP contribution in [-0.2, 0) is 13.6 Å². The lowest BCUT2D eigenvalue weighted by Crippen LogP contribution is -2.43. The Morgan fingerprint density at radius 2 is 1.57 bits per heavy atom. The first-order valence-corrected chi connectivity index (χ1v) is 11.3. The summed E-state index contributed by atoms with van der Waals surface area (Å²) < 4.78 is 51.1. The highest BCUT2D eigenvalue weighted by Gasteiger charge is 2.41. The smallest absolute Gasteiger partial charge is 0.304 e. The molecule has 0 bridgehead atoms. The van der Waals surface area contributed by atoms with Gasteiger partial charge in [0.25, 0.3) is 0 Å². The van der Waals surface area contributed by atoms with Crippen molar-refractivity contribution in [3.8, 4) is 0 Å². The third-order valence-corrected chi connectivity index (χ3v) is 8.24. The zero-order chi connectivity index (χ0) is 16.1. The van der Waals surface area contributed by atoms with Gasteiger partial charge in [0, 0.05) is 0 Å². The summed E-state index contributed by atoms with van der Waals surface area (Å²) in [6.07, 6.45) is 0. The Hall–Kier alpha value is -0.813. The van der Waals surface area contributed by atoms with Crippen LogP contribution in [0.1, 0.15) is 13.8 Å². The van der Waals surface area contributed by atoms with Crippen molar-refractivity contribution >= 4 is 20.9 Å². The fraction of sp³-hybridized carbons (Fsp3) is 0.429. The van der Waals surface area contributed by atoms with E-state index >= 15 is 0 Å². The summed E-state index contributed by atoms with van der Waals surface area (Å²) in [6.45, 7) is 6.36. The zero-order valence-corrected chi connectivity index (χ0v) is 14.6. The average Bonchev–Trinajstić information content (AvgIpc) is 2.47. The van der Waals surface area contributed by atoms with Gasteiger partial charge in [0.1, 0.15) is 5.45 Å². The van der Waals surface area contributed by atoms with E-state index in [0.29, 0.717) is 5.19 Å². The van der Waals surface area contributed by atoms with Crippen LogP contribution in [0.25, 0.3) is 0 Å². The van der Waals surface area contributed by atoms with E-state index in [1.807, 2.05) is 0 Å². The highest BCUT2D eigenvalue weighted by Crippen LogP contribution is 2.58. The fourth-order valence-corrected chi connectivity index (χ4v) is 6.12. The molecule has 3 nitrogen and oxygen atoms in total. The van der Waals surface area contributed by atoms with Crippen LogP contribution in [-0.4, -0.2) is 21.3 Å². The van der Waals surface area contributed by atoms with Crippen molar-refractivity contribution in [1.82, 2.24) is 0 Å². The molecular formula is C14H21F2O3PSi. The van der Waals surface area contributed by atoms with Gasteiger partial charge in [0.2, 0.25) is 5.57 Å². The average molecular weight is 334 g/mol. The van der Waals surface area contributed by atoms with Crippen molar-refractivity contribution in [3.63, 3.8) is 0 Å².